The maximum atomic E-state index is 5.87. The fourth-order valence-corrected chi connectivity index (χ4v) is 2.88. The third-order valence-electron chi connectivity index (χ3n) is 4.43. The van der Waals surface area contributed by atoms with Gasteiger partial charge < -0.3 is 4.74 Å². The van der Waals surface area contributed by atoms with E-state index in [2.05, 4.69) is 31.1 Å². The van der Waals surface area contributed by atoms with Gasteiger partial charge in [-0.05, 0) is 44.4 Å². The van der Waals surface area contributed by atoms with E-state index < -0.39 is 0 Å². The molecule has 1 rings (SSSR count). The zero-order valence-corrected chi connectivity index (χ0v) is 12.3. The van der Waals surface area contributed by atoms with Crippen molar-refractivity contribution in [2.75, 3.05) is 7.11 Å². The Morgan fingerprint density at radius 2 is 1.89 bits per heavy atom. The van der Waals surface area contributed by atoms with E-state index in [0.717, 1.165) is 25.7 Å². The summed E-state index contributed by atoms with van der Waals surface area (Å²) in [6.45, 7) is 6.54. The van der Waals surface area contributed by atoms with Gasteiger partial charge in [-0.1, -0.05) is 13.8 Å². The van der Waals surface area contributed by atoms with Crippen molar-refractivity contribution >= 4 is 0 Å². The second-order valence-corrected chi connectivity index (χ2v) is 6.12. The van der Waals surface area contributed by atoms with Gasteiger partial charge in [-0.15, -0.1) is 11.8 Å². The Hall–Kier alpha value is -0.560. The first-order valence-electron chi connectivity index (χ1n) is 6.90. The van der Waals surface area contributed by atoms with E-state index in [1.807, 2.05) is 14.0 Å². The lowest BCUT2D eigenvalue weighted by Gasteiger charge is -2.46. The normalized spacial score (nSPS) is 22.9. The highest BCUT2D eigenvalue weighted by Gasteiger charge is 2.43. The number of nitrogens with one attached hydrogen (secondary N) is 1. The molecule has 18 heavy (non-hydrogen) atoms. The van der Waals surface area contributed by atoms with Crippen molar-refractivity contribution in [1.82, 2.24) is 5.43 Å². The van der Waals surface area contributed by atoms with Crippen molar-refractivity contribution < 1.29 is 4.74 Å². The third kappa shape index (κ3) is 3.71. The molecule has 0 radical (unpaired) electrons. The zero-order chi connectivity index (χ0) is 13.6. The Labute approximate surface area is 112 Å². The van der Waals surface area contributed by atoms with Gasteiger partial charge in [-0.3, -0.25) is 11.3 Å². The first-order chi connectivity index (χ1) is 8.49. The summed E-state index contributed by atoms with van der Waals surface area (Å²) in [4.78, 5) is 0. The summed E-state index contributed by atoms with van der Waals surface area (Å²) in [5, 5.41) is 0. The number of hydrogen-bond acceptors (Lipinski definition) is 3. The van der Waals surface area contributed by atoms with Gasteiger partial charge in [-0.2, -0.15) is 0 Å². The van der Waals surface area contributed by atoms with E-state index >= 15 is 0 Å². The summed E-state index contributed by atoms with van der Waals surface area (Å²) in [7, 11) is 1.81. The maximum Gasteiger partial charge on any atom is 0.0845 e. The fraction of sp³-hybridized carbons (Fsp3) is 0.867. The Kier molecular flexibility index (Phi) is 5.65. The van der Waals surface area contributed by atoms with Gasteiger partial charge in [-0.25, -0.2) is 0 Å². The molecule has 3 nitrogen and oxygen atoms in total. The molecule has 0 amide bonds. The highest BCUT2D eigenvalue weighted by atomic mass is 16.5. The summed E-state index contributed by atoms with van der Waals surface area (Å²) < 4.78 is 5.87. The van der Waals surface area contributed by atoms with E-state index in [4.69, 9.17) is 10.6 Å². The standard InChI is InChI=1S/C15H28N2O/c1-5-6-7-8-13(17-16)15(18-4)11-9-14(2,3)10-12-15/h13,17H,7-12,16H2,1-4H3. The van der Waals surface area contributed by atoms with Gasteiger partial charge in [0.2, 0.25) is 0 Å². The van der Waals surface area contributed by atoms with E-state index in [1.165, 1.54) is 12.8 Å². The molecule has 3 heteroatoms. The summed E-state index contributed by atoms with van der Waals surface area (Å²) in [5.74, 6) is 11.8. The lowest BCUT2D eigenvalue weighted by atomic mass is 9.68. The van der Waals surface area contributed by atoms with E-state index in [-0.39, 0.29) is 11.6 Å². The molecule has 1 aliphatic carbocycles. The van der Waals surface area contributed by atoms with E-state index in [1.54, 1.807) is 0 Å². The van der Waals surface area contributed by atoms with Gasteiger partial charge in [0.05, 0.1) is 11.6 Å². The minimum Gasteiger partial charge on any atom is -0.377 e. The summed E-state index contributed by atoms with van der Waals surface area (Å²) in [5.41, 5.74) is 3.28. The molecule has 0 aromatic rings. The maximum absolute atomic E-state index is 5.87. The number of rotatable bonds is 5. The lowest BCUT2D eigenvalue weighted by Crippen LogP contribution is -2.56. The highest BCUT2D eigenvalue weighted by molar-refractivity contribution is 5.01. The van der Waals surface area contributed by atoms with E-state index in [9.17, 15) is 0 Å². The second kappa shape index (κ2) is 6.56. The van der Waals surface area contributed by atoms with Gasteiger partial charge in [0, 0.05) is 13.5 Å². The molecule has 0 saturated heterocycles. The molecule has 1 saturated carbocycles. The molecule has 0 aromatic heterocycles. The molecular weight excluding hydrogens is 224 g/mol. The Balaban J connectivity index is 2.69. The van der Waals surface area contributed by atoms with Crippen LogP contribution in [-0.2, 0) is 4.74 Å². The Morgan fingerprint density at radius 1 is 1.28 bits per heavy atom. The quantitative estimate of drug-likeness (QED) is 0.449. The van der Waals surface area contributed by atoms with E-state index in [0.29, 0.717) is 5.41 Å². The van der Waals surface area contributed by atoms with Crippen LogP contribution in [0.25, 0.3) is 0 Å². The van der Waals surface area contributed by atoms with Crippen molar-refractivity contribution in [2.45, 2.75) is 70.9 Å². The number of ether oxygens (including phenoxy) is 1. The second-order valence-electron chi connectivity index (χ2n) is 6.12. The average Bonchev–Trinajstić information content (AvgIpc) is 2.36. The van der Waals surface area contributed by atoms with Gasteiger partial charge in [0.1, 0.15) is 0 Å². The van der Waals surface area contributed by atoms with Crippen molar-refractivity contribution in [3.8, 4) is 11.8 Å². The molecule has 0 bridgehead atoms. The molecule has 3 N–H and O–H groups in total. The number of hydrogen-bond donors (Lipinski definition) is 2. The molecule has 1 fully saturated rings. The molecule has 0 spiro atoms. The summed E-state index contributed by atoms with van der Waals surface area (Å²) >= 11 is 0. The van der Waals surface area contributed by atoms with Crippen LogP contribution in [-0.4, -0.2) is 18.8 Å². The van der Waals surface area contributed by atoms with Crippen LogP contribution >= 0.6 is 0 Å². The SMILES string of the molecule is CC#CCCC(NN)C1(OC)CCC(C)(C)CC1. The molecule has 1 unspecified atom stereocenters. The Bertz CT molecular complexity index is 304. The molecule has 0 heterocycles. The fourth-order valence-electron chi connectivity index (χ4n) is 2.88. The van der Waals surface area contributed by atoms with Crippen LogP contribution in [0.2, 0.25) is 0 Å². The zero-order valence-electron chi connectivity index (χ0n) is 12.3. The first kappa shape index (κ1) is 15.5. The predicted octanol–water partition coefficient (Wildman–Crippen LogP) is 2.61. The number of nitrogens with two attached hydrogens (primary N) is 1. The summed E-state index contributed by atoms with van der Waals surface area (Å²) in [6.07, 6.45) is 6.36. The smallest absolute Gasteiger partial charge is 0.0845 e. The lowest BCUT2D eigenvalue weighted by molar-refractivity contribution is -0.0876. The monoisotopic (exact) mass is 252 g/mol. The van der Waals surface area contributed by atoms with Crippen molar-refractivity contribution in [2.24, 2.45) is 11.3 Å². The molecule has 0 aromatic carbocycles. The van der Waals surface area contributed by atoms with Gasteiger partial charge in [0.25, 0.3) is 0 Å². The van der Waals surface area contributed by atoms with Crippen LogP contribution in [0.15, 0.2) is 0 Å². The minimum absolute atomic E-state index is 0.111. The first-order valence-corrected chi connectivity index (χ1v) is 6.90. The molecular formula is C15H28N2O. The predicted molar refractivity (Wildman–Crippen MR) is 75.8 cm³/mol. The Morgan fingerprint density at radius 3 is 2.33 bits per heavy atom. The largest absolute Gasteiger partial charge is 0.377 e. The van der Waals surface area contributed by atoms with Crippen molar-refractivity contribution in [1.29, 1.82) is 0 Å². The highest BCUT2D eigenvalue weighted by Crippen LogP contribution is 2.43. The summed E-state index contributed by atoms with van der Waals surface area (Å²) in [6, 6.07) is 0.194. The van der Waals surface area contributed by atoms with Crippen LogP contribution in [0.5, 0.6) is 0 Å². The van der Waals surface area contributed by atoms with Crippen molar-refractivity contribution in [3.05, 3.63) is 0 Å². The van der Waals surface area contributed by atoms with Crippen molar-refractivity contribution in [3.63, 3.8) is 0 Å². The van der Waals surface area contributed by atoms with Crippen LogP contribution in [0.1, 0.15) is 59.3 Å². The number of methoxy groups -OCH3 is 1. The molecule has 0 aliphatic heterocycles. The third-order valence-corrected chi connectivity index (χ3v) is 4.43. The molecule has 1 aliphatic rings. The van der Waals surface area contributed by atoms with Crippen LogP contribution in [0.4, 0.5) is 0 Å². The minimum atomic E-state index is -0.111. The molecule has 104 valence electrons. The molecule has 1 atom stereocenters. The van der Waals surface area contributed by atoms with Crippen LogP contribution in [0.3, 0.4) is 0 Å². The van der Waals surface area contributed by atoms with Crippen LogP contribution in [0, 0.1) is 17.3 Å². The number of hydrazine groups is 1. The topological polar surface area (TPSA) is 47.3 Å². The average molecular weight is 252 g/mol. The van der Waals surface area contributed by atoms with Gasteiger partial charge in [0.15, 0.2) is 0 Å². The van der Waals surface area contributed by atoms with Crippen LogP contribution < -0.4 is 11.3 Å². The van der Waals surface area contributed by atoms with Gasteiger partial charge >= 0.3 is 0 Å².